The number of hydrogen-bond donors (Lipinski definition) is 7. The zero-order valence-corrected chi connectivity index (χ0v) is 12.8. The first kappa shape index (κ1) is 21.1. The van der Waals surface area contributed by atoms with Crippen LogP contribution < -0.4 is 22.1 Å². The summed E-state index contributed by atoms with van der Waals surface area (Å²) in [6.07, 6.45) is -0.349. The number of amides is 1. The van der Waals surface area contributed by atoms with Gasteiger partial charge in [-0.3, -0.25) is 24.7 Å². The van der Waals surface area contributed by atoms with Crippen LogP contribution in [-0.4, -0.2) is 70.3 Å². The van der Waals surface area contributed by atoms with E-state index in [4.69, 9.17) is 26.8 Å². The van der Waals surface area contributed by atoms with Gasteiger partial charge in [0.05, 0.1) is 13.0 Å². The molecule has 9 N–H and O–H groups in total. The van der Waals surface area contributed by atoms with Crippen LogP contribution in [0.1, 0.15) is 19.3 Å². The minimum Gasteiger partial charge on any atom is -0.481 e. The molecule has 0 bridgehead atoms. The first-order valence-corrected chi connectivity index (χ1v) is 6.89. The number of carbonyl (C=O) groups is 4. The molecule has 0 spiro atoms. The third-order valence-corrected chi connectivity index (χ3v) is 2.76. The molecule has 1 amide bonds. The Morgan fingerprint density at radius 2 is 1.58 bits per heavy atom. The lowest BCUT2D eigenvalue weighted by molar-refractivity contribution is -0.146. The molecule has 24 heavy (non-hydrogen) atoms. The molecule has 0 heterocycles. The van der Waals surface area contributed by atoms with E-state index < -0.39 is 48.9 Å². The lowest BCUT2D eigenvalue weighted by atomic mass is 10.1. The van der Waals surface area contributed by atoms with Gasteiger partial charge < -0.3 is 32.1 Å². The Hall–Kier alpha value is -2.89. The average Bonchev–Trinajstić information content (AvgIpc) is 2.45. The van der Waals surface area contributed by atoms with E-state index in [1.54, 1.807) is 0 Å². The van der Waals surface area contributed by atoms with E-state index >= 15 is 0 Å². The summed E-state index contributed by atoms with van der Waals surface area (Å²) in [5.74, 6) is -4.96. The molecule has 136 valence electrons. The van der Waals surface area contributed by atoms with Crippen molar-refractivity contribution in [3.63, 3.8) is 0 Å². The maximum absolute atomic E-state index is 11.7. The lowest BCUT2D eigenvalue weighted by Crippen LogP contribution is -2.48. The molecule has 0 aliphatic carbocycles. The second-order valence-electron chi connectivity index (χ2n) is 4.78. The minimum absolute atomic E-state index is 0.0648. The van der Waals surface area contributed by atoms with Gasteiger partial charge in [-0.25, -0.2) is 4.79 Å². The van der Waals surface area contributed by atoms with Crippen molar-refractivity contribution in [2.24, 2.45) is 16.5 Å². The second-order valence-corrected chi connectivity index (χ2v) is 4.78. The fourth-order valence-corrected chi connectivity index (χ4v) is 1.64. The van der Waals surface area contributed by atoms with Crippen molar-refractivity contribution in [1.29, 1.82) is 0 Å². The van der Waals surface area contributed by atoms with Crippen LogP contribution in [0.3, 0.4) is 0 Å². The summed E-state index contributed by atoms with van der Waals surface area (Å²) in [5.41, 5.74) is 10.2. The molecule has 0 radical (unpaired) electrons. The molecule has 12 heteroatoms. The monoisotopic (exact) mass is 347 g/mol. The van der Waals surface area contributed by atoms with Crippen molar-refractivity contribution >= 4 is 29.8 Å². The van der Waals surface area contributed by atoms with Crippen LogP contribution in [-0.2, 0) is 19.2 Å². The third-order valence-electron chi connectivity index (χ3n) is 2.76. The Bertz CT molecular complexity index is 504. The Morgan fingerprint density at radius 1 is 1.00 bits per heavy atom. The largest absolute Gasteiger partial charge is 0.481 e. The number of carbonyl (C=O) groups excluding carboxylic acids is 1. The van der Waals surface area contributed by atoms with E-state index in [1.807, 2.05) is 0 Å². The molecular formula is C12H21N5O7. The number of aliphatic imine (C=N–C) groups is 1. The molecule has 0 saturated heterocycles. The molecule has 0 aromatic carbocycles. The number of guanidine groups is 1. The first-order chi connectivity index (χ1) is 11.1. The topological polar surface area (TPSA) is 217 Å². The summed E-state index contributed by atoms with van der Waals surface area (Å²) in [4.78, 5) is 47.7. The fraction of sp³-hybridized carbons (Fsp3) is 0.583. The molecule has 0 rings (SSSR count). The molecule has 0 saturated carbocycles. The van der Waals surface area contributed by atoms with E-state index in [1.165, 1.54) is 0 Å². The van der Waals surface area contributed by atoms with Crippen LogP contribution in [0.25, 0.3) is 0 Å². The number of carboxylic acids is 3. The van der Waals surface area contributed by atoms with Gasteiger partial charge in [-0.2, -0.15) is 0 Å². The van der Waals surface area contributed by atoms with Crippen molar-refractivity contribution in [2.75, 3.05) is 13.1 Å². The SMILES string of the molecule is NC(N)=NCCCC(NC(=O)CN[C@@H](CC(=O)O)C(=O)O)C(=O)O. The van der Waals surface area contributed by atoms with Crippen molar-refractivity contribution < 1.29 is 34.5 Å². The zero-order valence-electron chi connectivity index (χ0n) is 12.8. The van der Waals surface area contributed by atoms with Gasteiger partial charge in [-0.1, -0.05) is 0 Å². The van der Waals surface area contributed by atoms with Crippen LogP contribution in [0, 0.1) is 0 Å². The van der Waals surface area contributed by atoms with Gasteiger partial charge in [0.15, 0.2) is 5.96 Å². The average molecular weight is 347 g/mol. The summed E-state index contributed by atoms with van der Waals surface area (Å²) >= 11 is 0. The summed E-state index contributed by atoms with van der Waals surface area (Å²) in [6.45, 7) is -0.345. The summed E-state index contributed by atoms with van der Waals surface area (Å²) in [6, 6.07) is -2.66. The van der Waals surface area contributed by atoms with E-state index in [0.29, 0.717) is 6.42 Å². The van der Waals surface area contributed by atoms with Crippen LogP contribution in [0.5, 0.6) is 0 Å². The fourth-order valence-electron chi connectivity index (χ4n) is 1.64. The van der Waals surface area contributed by atoms with Crippen LogP contribution in [0.2, 0.25) is 0 Å². The van der Waals surface area contributed by atoms with Gasteiger partial charge >= 0.3 is 17.9 Å². The highest BCUT2D eigenvalue weighted by Crippen LogP contribution is 1.99. The number of rotatable bonds is 12. The standard InChI is InChI=1S/C12H21N5O7/c13-12(14)15-3-1-2-6(10(21)22)17-8(18)5-16-7(11(23)24)4-9(19)20/h6-7,16H,1-5H2,(H,17,18)(H,19,20)(H,21,22)(H,23,24)(H4,13,14,15)/t6?,7-/m0/s1. The highest BCUT2D eigenvalue weighted by Gasteiger charge is 2.23. The van der Waals surface area contributed by atoms with E-state index in [2.05, 4.69) is 15.6 Å². The van der Waals surface area contributed by atoms with Crippen LogP contribution in [0.15, 0.2) is 4.99 Å². The van der Waals surface area contributed by atoms with Gasteiger partial charge in [0.25, 0.3) is 0 Å². The predicted octanol–water partition coefficient (Wildman–Crippen LogP) is -2.87. The third kappa shape index (κ3) is 9.94. The molecule has 1 unspecified atom stereocenters. The molecule has 0 aliphatic rings. The second kappa shape index (κ2) is 10.8. The molecule has 2 atom stereocenters. The normalized spacial score (nSPS) is 12.7. The van der Waals surface area contributed by atoms with Gasteiger partial charge in [-0.15, -0.1) is 0 Å². The Kier molecular flexibility index (Phi) is 9.48. The number of nitrogens with one attached hydrogen (secondary N) is 2. The Balaban J connectivity index is 4.41. The van der Waals surface area contributed by atoms with E-state index in [9.17, 15) is 19.2 Å². The van der Waals surface area contributed by atoms with E-state index in [-0.39, 0.29) is 18.9 Å². The molecule has 0 aliphatic heterocycles. The highest BCUT2D eigenvalue weighted by molar-refractivity contribution is 5.86. The molecular weight excluding hydrogens is 326 g/mol. The van der Waals surface area contributed by atoms with Crippen molar-refractivity contribution in [1.82, 2.24) is 10.6 Å². The number of carboxylic acid groups (broad SMARTS) is 3. The van der Waals surface area contributed by atoms with Gasteiger partial charge in [0, 0.05) is 6.54 Å². The Morgan fingerprint density at radius 3 is 2.04 bits per heavy atom. The highest BCUT2D eigenvalue weighted by atomic mass is 16.4. The molecule has 12 nitrogen and oxygen atoms in total. The predicted molar refractivity (Wildman–Crippen MR) is 81.2 cm³/mol. The quantitative estimate of drug-likeness (QED) is 0.109. The number of nitrogens with two attached hydrogens (primary N) is 2. The van der Waals surface area contributed by atoms with Crippen molar-refractivity contribution in [3.05, 3.63) is 0 Å². The minimum atomic E-state index is -1.46. The summed E-state index contributed by atoms with van der Waals surface area (Å²) in [5, 5.41) is 30.8. The number of nitrogens with zero attached hydrogens (tertiary/aromatic N) is 1. The van der Waals surface area contributed by atoms with Crippen LogP contribution in [0.4, 0.5) is 0 Å². The molecule has 0 fully saturated rings. The summed E-state index contributed by atoms with van der Waals surface area (Å²) < 4.78 is 0. The zero-order chi connectivity index (χ0) is 18.7. The first-order valence-electron chi connectivity index (χ1n) is 6.89. The van der Waals surface area contributed by atoms with Gasteiger partial charge in [-0.05, 0) is 12.8 Å². The summed E-state index contributed by atoms with van der Waals surface area (Å²) in [7, 11) is 0. The number of aliphatic carboxylic acids is 3. The smallest absolute Gasteiger partial charge is 0.326 e. The molecule has 0 aromatic rings. The van der Waals surface area contributed by atoms with Crippen molar-refractivity contribution in [2.45, 2.75) is 31.3 Å². The maximum Gasteiger partial charge on any atom is 0.326 e. The van der Waals surface area contributed by atoms with Crippen LogP contribution >= 0.6 is 0 Å². The lowest BCUT2D eigenvalue weighted by Gasteiger charge is -2.16. The van der Waals surface area contributed by atoms with E-state index in [0.717, 1.165) is 0 Å². The van der Waals surface area contributed by atoms with Gasteiger partial charge in [0.2, 0.25) is 5.91 Å². The van der Waals surface area contributed by atoms with Crippen molar-refractivity contribution in [3.8, 4) is 0 Å². The number of hydrogen-bond acceptors (Lipinski definition) is 6. The molecule has 0 aromatic heterocycles. The maximum atomic E-state index is 11.7. The Labute approximate surface area is 136 Å². The van der Waals surface area contributed by atoms with Gasteiger partial charge in [0.1, 0.15) is 12.1 Å².